The van der Waals surface area contributed by atoms with Gasteiger partial charge in [0.15, 0.2) is 0 Å². The van der Waals surface area contributed by atoms with Gasteiger partial charge in [-0.1, -0.05) is 12.8 Å². The summed E-state index contributed by atoms with van der Waals surface area (Å²) in [5.41, 5.74) is 0.996. The molecular formula is C16H27NO4. The highest BCUT2D eigenvalue weighted by molar-refractivity contribution is 5.50. The minimum Gasteiger partial charge on any atom is -0.496 e. The fourth-order valence-corrected chi connectivity index (χ4v) is 2.18. The molecule has 1 aromatic rings. The second-order valence-corrected chi connectivity index (χ2v) is 4.83. The maximum absolute atomic E-state index is 8.72. The first-order chi connectivity index (χ1) is 10.3. The van der Waals surface area contributed by atoms with E-state index >= 15 is 0 Å². The number of unbranched alkanes of at least 4 members (excludes halogenated alkanes) is 3. The maximum Gasteiger partial charge on any atom is 0.130 e. The molecule has 0 heterocycles. The fourth-order valence-electron chi connectivity index (χ4n) is 2.18. The summed E-state index contributed by atoms with van der Waals surface area (Å²) in [6.07, 6.45) is 4.19. The minimum atomic E-state index is 0.285. The minimum absolute atomic E-state index is 0.285. The Balaban J connectivity index is 2.53. The molecule has 120 valence electrons. The lowest BCUT2D eigenvalue weighted by Crippen LogP contribution is -2.16. The van der Waals surface area contributed by atoms with Gasteiger partial charge < -0.3 is 24.6 Å². The van der Waals surface area contributed by atoms with E-state index in [2.05, 4.69) is 5.32 Å². The van der Waals surface area contributed by atoms with Crippen molar-refractivity contribution in [3.63, 3.8) is 0 Å². The zero-order valence-corrected chi connectivity index (χ0v) is 13.3. The number of nitrogens with one attached hydrogen (secondary N) is 1. The van der Waals surface area contributed by atoms with Gasteiger partial charge in [0.2, 0.25) is 0 Å². The van der Waals surface area contributed by atoms with Gasteiger partial charge in [-0.2, -0.15) is 0 Å². The Hall–Kier alpha value is -1.46. The molecule has 0 radical (unpaired) electrons. The third-order valence-electron chi connectivity index (χ3n) is 3.38. The topological polar surface area (TPSA) is 60.0 Å². The van der Waals surface area contributed by atoms with Crippen molar-refractivity contribution in [2.45, 2.75) is 32.2 Å². The van der Waals surface area contributed by atoms with Crippen molar-refractivity contribution in [1.29, 1.82) is 0 Å². The zero-order valence-electron chi connectivity index (χ0n) is 13.3. The van der Waals surface area contributed by atoms with Gasteiger partial charge in [-0.05, 0) is 19.4 Å². The van der Waals surface area contributed by atoms with Crippen LogP contribution >= 0.6 is 0 Å². The normalized spacial score (nSPS) is 10.5. The molecular weight excluding hydrogens is 270 g/mol. The molecule has 0 atom stereocenters. The summed E-state index contributed by atoms with van der Waals surface area (Å²) in [4.78, 5) is 0. The Morgan fingerprint density at radius 3 is 2.05 bits per heavy atom. The van der Waals surface area contributed by atoms with Crippen LogP contribution in [-0.2, 0) is 6.54 Å². The third kappa shape index (κ3) is 5.81. The van der Waals surface area contributed by atoms with Crippen molar-refractivity contribution in [3.05, 3.63) is 17.7 Å². The number of methoxy groups -OCH3 is 3. The fraction of sp³-hybridized carbons (Fsp3) is 0.625. The first kappa shape index (κ1) is 17.6. The average molecular weight is 297 g/mol. The molecule has 0 bridgehead atoms. The molecule has 21 heavy (non-hydrogen) atoms. The molecule has 5 heteroatoms. The van der Waals surface area contributed by atoms with E-state index in [0.717, 1.165) is 55.0 Å². The van der Waals surface area contributed by atoms with Crippen molar-refractivity contribution >= 4 is 0 Å². The molecule has 0 aromatic heterocycles. The van der Waals surface area contributed by atoms with Gasteiger partial charge in [0.05, 0.1) is 26.9 Å². The molecule has 0 aliphatic carbocycles. The van der Waals surface area contributed by atoms with Crippen LogP contribution in [0, 0.1) is 0 Å². The van der Waals surface area contributed by atoms with Crippen LogP contribution in [-0.4, -0.2) is 39.6 Å². The van der Waals surface area contributed by atoms with Crippen LogP contribution in [0.5, 0.6) is 17.2 Å². The second-order valence-electron chi connectivity index (χ2n) is 4.83. The summed E-state index contributed by atoms with van der Waals surface area (Å²) < 4.78 is 16.1. The van der Waals surface area contributed by atoms with E-state index in [-0.39, 0.29) is 6.61 Å². The second kappa shape index (κ2) is 10.3. The van der Waals surface area contributed by atoms with Gasteiger partial charge in [0, 0.05) is 25.3 Å². The Kier molecular flexibility index (Phi) is 8.62. The van der Waals surface area contributed by atoms with E-state index in [1.807, 2.05) is 12.1 Å². The molecule has 0 amide bonds. The molecule has 5 nitrogen and oxygen atoms in total. The van der Waals surface area contributed by atoms with Crippen LogP contribution < -0.4 is 19.5 Å². The van der Waals surface area contributed by atoms with Crippen molar-refractivity contribution in [1.82, 2.24) is 5.32 Å². The molecule has 0 aliphatic heterocycles. The highest BCUT2D eigenvalue weighted by atomic mass is 16.5. The standard InChI is InChI=1S/C16H27NO4/c1-19-13-10-15(20-2)14(16(11-13)21-3)12-17-8-6-4-5-7-9-18/h10-11,17-18H,4-9,12H2,1-3H3. The van der Waals surface area contributed by atoms with Crippen LogP contribution in [0.15, 0.2) is 12.1 Å². The smallest absolute Gasteiger partial charge is 0.130 e. The summed E-state index contributed by atoms with van der Waals surface area (Å²) in [6.45, 7) is 1.91. The molecule has 2 N–H and O–H groups in total. The lowest BCUT2D eigenvalue weighted by Gasteiger charge is -2.15. The van der Waals surface area contributed by atoms with Crippen LogP contribution in [0.25, 0.3) is 0 Å². The highest BCUT2D eigenvalue weighted by Gasteiger charge is 2.12. The quantitative estimate of drug-likeness (QED) is 0.614. The molecule has 1 rings (SSSR count). The van der Waals surface area contributed by atoms with Gasteiger partial charge in [0.1, 0.15) is 17.2 Å². The third-order valence-corrected chi connectivity index (χ3v) is 3.38. The average Bonchev–Trinajstić information content (AvgIpc) is 2.53. The summed E-state index contributed by atoms with van der Waals surface area (Å²) in [5.74, 6) is 2.24. The van der Waals surface area contributed by atoms with Gasteiger partial charge in [0.25, 0.3) is 0 Å². The molecule has 0 unspecified atom stereocenters. The number of benzene rings is 1. The molecule has 0 saturated heterocycles. The Labute approximate surface area is 127 Å². The molecule has 0 fully saturated rings. The number of rotatable bonds is 11. The van der Waals surface area contributed by atoms with Crippen LogP contribution in [0.1, 0.15) is 31.2 Å². The first-order valence-corrected chi connectivity index (χ1v) is 7.37. The zero-order chi connectivity index (χ0) is 15.5. The number of hydrogen-bond acceptors (Lipinski definition) is 5. The predicted octanol–water partition coefficient (Wildman–Crippen LogP) is 2.35. The number of hydrogen-bond donors (Lipinski definition) is 2. The van der Waals surface area contributed by atoms with Crippen LogP contribution in [0.2, 0.25) is 0 Å². The summed E-state index contributed by atoms with van der Waals surface area (Å²) >= 11 is 0. The summed E-state index contributed by atoms with van der Waals surface area (Å²) in [6, 6.07) is 3.72. The monoisotopic (exact) mass is 297 g/mol. The van der Waals surface area contributed by atoms with Crippen molar-refractivity contribution < 1.29 is 19.3 Å². The van der Waals surface area contributed by atoms with Gasteiger partial charge in [-0.15, -0.1) is 0 Å². The van der Waals surface area contributed by atoms with Crippen LogP contribution in [0.4, 0.5) is 0 Å². The van der Waals surface area contributed by atoms with E-state index in [1.165, 1.54) is 0 Å². The van der Waals surface area contributed by atoms with Crippen molar-refractivity contribution in [2.24, 2.45) is 0 Å². The molecule has 1 aromatic carbocycles. The first-order valence-electron chi connectivity index (χ1n) is 7.37. The van der Waals surface area contributed by atoms with E-state index < -0.39 is 0 Å². The molecule has 0 aliphatic rings. The summed E-state index contributed by atoms with van der Waals surface area (Å²) in [5, 5.41) is 12.1. The maximum atomic E-state index is 8.72. The molecule has 0 saturated carbocycles. The summed E-state index contributed by atoms with van der Waals surface area (Å²) in [7, 11) is 4.91. The van der Waals surface area contributed by atoms with E-state index in [1.54, 1.807) is 21.3 Å². The number of ether oxygens (including phenoxy) is 3. The molecule has 0 spiro atoms. The Morgan fingerprint density at radius 1 is 0.905 bits per heavy atom. The lowest BCUT2D eigenvalue weighted by molar-refractivity contribution is 0.282. The SMILES string of the molecule is COc1cc(OC)c(CNCCCCCCO)c(OC)c1. The van der Waals surface area contributed by atoms with E-state index in [4.69, 9.17) is 19.3 Å². The number of aliphatic hydroxyl groups is 1. The van der Waals surface area contributed by atoms with E-state index in [9.17, 15) is 0 Å². The van der Waals surface area contributed by atoms with Crippen molar-refractivity contribution in [3.8, 4) is 17.2 Å². The Bertz CT molecular complexity index is 384. The highest BCUT2D eigenvalue weighted by Crippen LogP contribution is 2.33. The van der Waals surface area contributed by atoms with Crippen LogP contribution in [0.3, 0.4) is 0 Å². The van der Waals surface area contributed by atoms with E-state index in [0.29, 0.717) is 6.54 Å². The van der Waals surface area contributed by atoms with Gasteiger partial charge in [-0.25, -0.2) is 0 Å². The number of aliphatic hydroxyl groups excluding tert-OH is 1. The van der Waals surface area contributed by atoms with Gasteiger partial charge >= 0.3 is 0 Å². The largest absolute Gasteiger partial charge is 0.496 e. The predicted molar refractivity (Wildman–Crippen MR) is 83.4 cm³/mol. The van der Waals surface area contributed by atoms with Gasteiger partial charge in [-0.3, -0.25) is 0 Å². The van der Waals surface area contributed by atoms with Crippen molar-refractivity contribution in [2.75, 3.05) is 34.5 Å². The lowest BCUT2D eigenvalue weighted by atomic mass is 10.1. The Morgan fingerprint density at radius 2 is 1.52 bits per heavy atom.